The molecule has 0 aromatic heterocycles. The van der Waals surface area contributed by atoms with E-state index in [1.807, 2.05) is 12.1 Å². The predicted octanol–water partition coefficient (Wildman–Crippen LogP) is 2.73. The van der Waals surface area contributed by atoms with E-state index in [4.69, 9.17) is 4.74 Å². The Balaban J connectivity index is 1.43. The Morgan fingerprint density at radius 2 is 1.62 bits per heavy atom. The first kappa shape index (κ1) is 17.2. The van der Waals surface area contributed by atoms with Crippen LogP contribution in [0.5, 0.6) is 0 Å². The molecule has 2 fully saturated rings. The van der Waals surface area contributed by atoms with E-state index in [2.05, 4.69) is 27.2 Å². The van der Waals surface area contributed by atoms with Crippen LogP contribution in [0.1, 0.15) is 32.1 Å². The minimum atomic E-state index is 0.110. The molecule has 5 heteroatoms. The first-order chi connectivity index (χ1) is 11.8. The molecule has 2 heterocycles. The summed E-state index contributed by atoms with van der Waals surface area (Å²) in [5.41, 5.74) is 2.08. The van der Waals surface area contributed by atoms with Crippen molar-refractivity contribution in [2.45, 2.75) is 32.1 Å². The SMILES string of the molecule is O=C(CCN1CCCCCC1)Nc1ccc(N2CCOCC2)cc1. The van der Waals surface area contributed by atoms with Crippen molar-refractivity contribution in [1.29, 1.82) is 0 Å². The van der Waals surface area contributed by atoms with Gasteiger partial charge in [-0.05, 0) is 50.2 Å². The number of hydrogen-bond donors (Lipinski definition) is 1. The number of benzene rings is 1. The minimum Gasteiger partial charge on any atom is -0.378 e. The molecule has 0 spiro atoms. The third kappa shape index (κ3) is 5.21. The molecule has 0 bridgehead atoms. The summed E-state index contributed by atoms with van der Waals surface area (Å²) in [6.45, 7) is 6.59. The van der Waals surface area contributed by atoms with Gasteiger partial charge in [0.25, 0.3) is 0 Å². The second-order valence-electron chi connectivity index (χ2n) is 6.70. The number of amides is 1. The number of anilines is 2. The van der Waals surface area contributed by atoms with E-state index in [9.17, 15) is 4.79 Å². The molecule has 1 aromatic rings. The molecule has 2 aliphatic heterocycles. The van der Waals surface area contributed by atoms with Crippen molar-refractivity contribution < 1.29 is 9.53 Å². The van der Waals surface area contributed by atoms with Gasteiger partial charge in [-0.2, -0.15) is 0 Å². The molecule has 3 rings (SSSR count). The summed E-state index contributed by atoms with van der Waals surface area (Å²) < 4.78 is 5.38. The molecule has 132 valence electrons. The molecular weight excluding hydrogens is 302 g/mol. The molecular formula is C19H29N3O2. The maximum atomic E-state index is 12.2. The van der Waals surface area contributed by atoms with Crippen molar-refractivity contribution in [3.63, 3.8) is 0 Å². The predicted molar refractivity (Wildman–Crippen MR) is 97.6 cm³/mol. The number of nitrogens with zero attached hydrogens (tertiary/aromatic N) is 2. The van der Waals surface area contributed by atoms with Gasteiger partial charge in [0.2, 0.25) is 5.91 Å². The van der Waals surface area contributed by atoms with Gasteiger partial charge in [0, 0.05) is 37.4 Å². The number of ether oxygens (including phenoxy) is 1. The van der Waals surface area contributed by atoms with Gasteiger partial charge in [-0.3, -0.25) is 4.79 Å². The third-order valence-electron chi connectivity index (χ3n) is 4.88. The number of carbonyl (C=O) groups is 1. The number of rotatable bonds is 5. The summed E-state index contributed by atoms with van der Waals surface area (Å²) in [6.07, 6.45) is 5.77. The van der Waals surface area contributed by atoms with Gasteiger partial charge >= 0.3 is 0 Å². The maximum absolute atomic E-state index is 12.2. The van der Waals surface area contributed by atoms with Gasteiger partial charge in [-0.25, -0.2) is 0 Å². The van der Waals surface area contributed by atoms with Crippen LogP contribution in [0.25, 0.3) is 0 Å². The van der Waals surface area contributed by atoms with E-state index in [1.165, 1.54) is 31.4 Å². The summed E-state index contributed by atoms with van der Waals surface area (Å²) in [5.74, 6) is 0.110. The number of likely N-dealkylation sites (tertiary alicyclic amines) is 1. The summed E-state index contributed by atoms with van der Waals surface area (Å²) in [7, 11) is 0. The van der Waals surface area contributed by atoms with Gasteiger partial charge in [-0.15, -0.1) is 0 Å². The first-order valence-electron chi connectivity index (χ1n) is 9.26. The van der Waals surface area contributed by atoms with E-state index in [0.717, 1.165) is 51.6 Å². The monoisotopic (exact) mass is 331 g/mol. The van der Waals surface area contributed by atoms with Crippen LogP contribution in [0.3, 0.4) is 0 Å². The van der Waals surface area contributed by atoms with Crippen molar-refractivity contribution in [2.24, 2.45) is 0 Å². The molecule has 0 unspecified atom stereocenters. The second kappa shape index (κ2) is 9.04. The van der Waals surface area contributed by atoms with Crippen LogP contribution in [0.4, 0.5) is 11.4 Å². The fraction of sp³-hybridized carbons (Fsp3) is 0.632. The zero-order chi connectivity index (χ0) is 16.6. The molecule has 0 atom stereocenters. The molecule has 5 nitrogen and oxygen atoms in total. The summed E-state index contributed by atoms with van der Waals surface area (Å²) >= 11 is 0. The van der Waals surface area contributed by atoms with E-state index in [1.54, 1.807) is 0 Å². The first-order valence-corrected chi connectivity index (χ1v) is 9.26. The second-order valence-corrected chi connectivity index (χ2v) is 6.70. The highest BCUT2D eigenvalue weighted by atomic mass is 16.5. The Bertz CT molecular complexity index is 504. The number of nitrogens with one attached hydrogen (secondary N) is 1. The fourth-order valence-electron chi connectivity index (χ4n) is 3.42. The lowest BCUT2D eigenvalue weighted by molar-refractivity contribution is -0.116. The van der Waals surface area contributed by atoms with Crippen LogP contribution in [0.2, 0.25) is 0 Å². The summed E-state index contributed by atoms with van der Waals surface area (Å²) in [6, 6.07) is 8.15. The third-order valence-corrected chi connectivity index (χ3v) is 4.88. The van der Waals surface area contributed by atoms with E-state index >= 15 is 0 Å². The van der Waals surface area contributed by atoms with Crippen molar-refractivity contribution in [2.75, 3.05) is 56.2 Å². The lowest BCUT2D eigenvalue weighted by Crippen LogP contribution is -2.36. The van der Waals surface area contributed by atoms with E-state index in [0.29, 0.717) is 6.42 Å². The average molecular weight is 331 g/mol. The highest BCUT2D eigenvalue weighted by Crippen LogP contribution is 2.19. The van der Waals surface area contributed by atoms with Gasteiger partial charge in [0.05, 0.1) is 13.2 Å². The van der Waals surface area contributed by atoms with E-state index < -0.39 is 0 Å². The van der Waals surface area contributed by atoms with Crippen molar-refractivity contribution in [3.8, 4) is 0 Å². The average Bonchev–Trinajstić information content (AvgIpc) is 2.90. The number of morpholine rings is 1. The van der Waals surface area contributed by atoms with E-state index in [-0.39, 0.29) is 5.91 Å². The zero-order valence-corrected chi connectivity index (χ0v) is 14.5. The molecule has 1 amide bonds. The normalized spacial score (nSPS) is 19.8. The Morgan fingerprint density at radius 3 is 2.29 bits per heavy atom. The maximum Gasteiger partial charge on any atom is 0.225 e. The Morgan fingerprint density at radius 1 is 0.958 bits per heavy atom. The van der Waals surface area contributed by atoms with Crippen LogP contribution < -0.4 is 10.2 Å². The molecule has 24 heavy (non-hydrogen) atoms. The lowest BCUT2D eigenvalue weighted by Gasteiger charge is -2.28. The Kier molecular flexibility index (Phi) is 6.49. The van der Waals surface area contributed by atoms with Crippen LogP contribution in [-0.4, -0.2) is 56.7 Å². The minimum absolute atomic E-state index is 0.110. The number of carbonyl (C=O) groups excluding carboxylic acids is 1. The molecule has 1 aromatic carbocycles. The fourth-order valence-corrected chi connectivity index (χ4v) is 3.42. The zero-order valence-electron chi connectivity index (χ0n) is 14.5. The van der Waals surface area contributed by atoms with Crippen LogP contribution in [0.15, 0.2) is 24.3 Å². The highest BCUT2D eigenvalue weighted by Gasteiger charge is 2.12. The van der Waals surface area contributed by atoms with Gasteiger partial charge in [0.15, 0.2) is 0 Å². The van der Waals surface area contributed by atoms with Gasteiger partial charge in [0.1, 0.15) is 0 Å². The lowest BCUT2D eigenvalue weighted by atomic mass is 10.2. The van der Waals surface area contributed by atoms with Crippen LogP contribution in [0, 0.1) is 0 Å². The van der Waals surface area contributed by atoms with Crippen molar-refractivity contribution in [3.05, 3.63) is 24.3 Å². The molecule has 2 saturated heterocycles. The van der Waals surface area contributed by atoms with Crippen molar-refractivity contribution in [1.82, 2.24) is 4.90 Å². The standard InChI is InChI=1S/C19H29N3O2/c23-19(9-12-21-10-3-1-2-4-11-21)20-17-5-7-18(8-6-17)22-13-15-24-16-14-22/h5-8H,1-4,9-16H2,(H,20,23). The Labute approximate surface area is 145 Å². The smallest absolute Gasteiger partial charge is 0.225 e. The van der Waals surface area contributed by atoms with Gasteiger partial charge < -0.3 is 19.9 Å². The number of hydrogen-bond acceptors (Lipinski definition) is 4. The summed E-state index contributed by atoms with van der Waals surface area (Å²) in [5, 5.41) is 3.02. The summed E-state index contributed by atoms with van der Waals surface area (Å²) in [4.78, 5) is 16.9. The Hall–Kier alpha value is -1.59. The van der Waals surface area contributed by atoms with Crippen LogP contribution in [-0.2, 0) is 9.53 Å². The highest BCUT2D eigenvalue weighted by molar-refractivity contribution is 5.91. The molecule has 0 saturated carbocycles. The largest absolute Gasteiger partial charge is 0.378 e. The topological polar surface area (TPSA) is 44.8 Å². The van der Waals surface area contributed by atoms with Gasteiger partial charge in [-0.1, -0.05) is 12.8 Å². The van der Waals surface area contributed by atoms with Crippen LogP contribution >= 0.6 is 0 Å². The molecule has 0 aliphatic carbocycles. The van der Waals surface area contributed by atoms with Crippen molar-refractivity contribution >= 4 is 17.3 Å². The molecule has 0 radical (unpaired) electrons. The molecule has 2 aliphatic rings. The quantitative estimate of drug-likeness (QED) is 0.901. The molecule has 1 N–H and O–H groups in total.